The minimum atomic E-state index is -1.21. The van der Waals surface area contributed by atoms with Crippen molar-refractivity contribution in [2.45, 2.75) is 64.3 Å². The summed E-state index contributed by atoms with van der Waals surface area (Å²) in [6.45, 7) is 5.15. The second-order valence-electron chi connectivity index (χ2n) is 10.3. The lowest BCUT2D eigenvalue weighted by atomic mass is 10.0. The van der Waals surface area contributed by atoms with Crippen LogP contribution in [0.3, 0.4) is 0 Å². The fourth-order valence-electron chi connectivity index (χ4n) is 5.17. The van der Waals surface area contributed by atoms with Crippen LogP contribution < -0.4 is 5.32 Å². The Morgan fingerprint density at radius 3 is 2.92 bits per heavy atom. The van der Waals surface area contributed by atoms with Gasteiger partial charge in [-0.3, -0.25) is 14.4 Å². The van der Waals surface area contributed by atoms with Crippen LogP contribution in [-0.4, -0.2) is 50.0 Å². The van der Waals surface area contributed by atoms with Gasteiger partial charge in [0, 0.05) is 43.8 Å². The van der Waals surface area contributed by atoms with Gasteiger partial charge in [-0.2, -0.15) is 0 Å². The van der Waals surface area contributed by atoms with E-state index in [1.807, 2.05) is 0 Å². The van der Waals surface area contributed by atoms with Gasteiger partial charge in [-0.1, -0.05) is 22.9 Å². The highest BCUT2D eigenvalue weighted by Gasteiger charge is 2.47. The molecule has 2 unspecified atom stereocenters. The normalized spacial score (nSPS) is 19.8. The van der Waals surface area contributed by atoms with Crippen molar-refractivity contribution in [1.82, 2.24) is 25.2 Å². The first-order chi connectivity index (χ1) is 17.7. The highest BCUT2D eigenvalue weighted by atomic mass is 79.9. The molecular weight excluding hydrogens is 581 g/mol. The van der Waals surface area contributed by atoms with Crippen molar-refractivity contribution in [3.63, 3.8) is 0 Å². The number of halogens is 3. The van der Waals surface area contributed by atoms with E-state index < -0.39 is 11.9 Å². The molecule has 3 heterocycles. The van der Waals surface area contributed by atoms with Gasteiger partial charge in [-0.05, 0) is 78.7 Å². The second kappa shape index (κ2) is 11.1. The minimum absolute atomic E-state index is 0.0467. The quantitative estimate of drug-likeness (QED) is 0.328. The zero-order valence-electron chi connectivity index (χ0n) is 20.6. The number of likely N-dealkylation sites (tertiary alicyclic amines) is 1. The lowest BCUT2D eigenvalue weighted by Gasteiger charge is -2.28. The van der Waals surface area contributed by atoms with Crippen molar-refractivity contribution in [2.24, 2.45) is 5.41 Å². The third-order valence-corrected chi connectivity index (χ3v) is 9.60. The number of nitrogens with zero attached hydrogens (tertiary/aromatic N) is 4. The SMILES string of the molecule is Cc1cc(Br)c(CNC(=O)CC2(CN3CCCC3Cn3cc(C(O)c4ccc(Cl)cc4F)nn3)CC2)s1. The number of aliphatic hydroxyl groups excluding tert-OH is 1. The zero-order chi connectivity index (χ0) is 26.2. The van der Waals surface area contributed by atoms with Gasteiger partial charge in [-0.25, -0.2) is 4.39 Å². The highest BCUT2D eigenvalue weighted by molar-refractivity contribution is 9.10. The number of hydrogen-bond donors (Lipinski definition) is 2. The maximum atomic E-state index is 14.2. The maximum Gasteiger partial charge on any atom is 0.220 e. The summed E-state index contributed by atoms with van der Waals surface area (Å²) >= 11 is 11.1. The molecular formula is C26H30BrClFN5O2S. The number of hydrogen-bond acceptors (Lipinski definition) is 6. The van der Waals surface area contributed by atoms with Crippen LogP contribution in [0, 0.1) is 18.2 Å². The molecule has 2 aliphatic rings. The summed E-state index contributed by atoms with van der Waals surface area (Å²) in [5.74, 6) is -0.469. The molecule has 1 aliphatic carbocycles. The molecule has 2 fully saturated rings. The van der Waals surface area contributed by atoms with Crippen LogP contribution in [0.15, 0.2) is 34.9 Å². The molecule has 37 heavy (non-hydrogen) atoms. The molecule has 0 bridgehead atoms. The maximum absolute atomic E-state index is 14.2. The number of amides is 1. The molecule has 1 amide bonds. The number of thiophene rings is 1. The lowest BCUT2D eigenvalue weighted by molar-refractivity contribution is -0.122. The average Bonchev–Trinajstić information content (AvgIpc) is 3.14. The molecule has 198 valence electrons. The molecule has 5 rings (SSSR count). The van der Waals surface area contributed by atoms with Crippen molar-refractivity contribution in [1.29, 1.82) is 0 Å². The Kier molecular flexibility index (Phi) is 8.02. The molecule has 7 nitrogen and oxygen atoms in total. The van der Waals surface area contributed by atoms with E-state index >= 15 is 0 Å². The predicted octanol–water partition coefficient (Wildman–Crippen LogP) is 5.24. The first-order valence-corrected chi connectivity index (χ1v) is 14.5. The van der Waals surface area contributed by atoms with E-state index in [9.17, 15) is 14.3 Å². The van der Waals surface area contributed by atoms with Crippen LogP contribution >= 0.6 is 38.9 Å². The summed E-state index contributed by atoms with van der Waals surface area (Å²) in [6, 6.07) is 6.55. The fraction of sp³-hybridized carbons (Fsp3) is 0.500. The van der Waals surface area contributed by atoms with Gasteiger partial charge in [0.25, 0.3) is 0 Å². The highest BCUT2D eigenvalue weighted by Crippen LogP contribution is 2.50. The standard InChI is InChI=1S/C26H30BrClFN5O2S/c1-16-9-20(27)23(37-16)12-30-24(35)11-26(6-7-26)15-33-8-2-3-18(33)13-34-14-22(31-32-34)25(36)19-5-4-17(28)10-21(19)29/h4-5,9-10,14,18,25,36H,2-3,6-8,11-13,15H2,1H3,(H,30,35). The van der Waals surface area contributed by atoms with Crippen LogP contribution in [0.5, 0.6) is 0 Å². The molecule has 2 atom stereocenters. The van der Waals surface area contributed by atoms with Crippen LogP contribution in [0.2, 0.25) is 5.02 Å². The molecule has 1 aromatic carbocycles. The zero-order valence-corrected chi connectivity index (χ0v) is 23.8. The van der Waals surface area contributed by atoms with Crippen molar-refractivity contribution >= 4 is 44.8 Å². The summed E-state index contributed by atoms with van der Waals surface area (Å²) in [6.07, 6.45) is 5.29. The van der Waals surface area contributed by atoms with Gasteiger partial charge >= 0.3 is 0 Å². The summed E-state index contributed by atoms with van der Waals surface area (Å²) in [5, 5.41) is 22.3. The Labute approximate surface area is 233 Å². The van der Waals surface area contributed by atoms with Crippen LogP contribution in [0.1, 0.15) is 59.2 Å². The molecule has 1 saturated heterocycles. The molecule has 11 heteroatoms. The number of nitrogens with one attached hydrogen (secondary N) is 1. The molecule has 0 spiro atoms. The van der Waals surface area contributed by atoms with Crippen molar-refractivity contribution in [3.05, 3.63) is 66.8 Å². The summed E-state index contributed by atoms with van der Waals surface area (Å²) in [5.41, 5.74) is 0.466. The Morgan fingerprint density at radius 2 is 2.22 bits per heavy atom. The smallest absolute Gasteiger partial charge is 0.220 e. The largest absolute Gasteiger partial charge is 0.382 e. The Morgan fingerprint density at radius 1 is 1.41 bits per heavy atom. The van der Waals surface area contributed by atoms with Gasteiger partial charge in [0.2, 0.25) is 5.91 Å². The minimum Gasteiger partial charge on any atom is -0.382 e. The number of benzene rings is 1. The third-order valence-electron chi connectivity index (χ3n) is 7.35. The Hall–Kier alpha value is -1.85. The molecule has 3 aromatic rings. The van der Waals surface area contributed by atoms with E-state index in [-0.39, 0.29) is 28.0 Å². The fourth-order valence-corrected chi connectivity index (χ4v) is 7.07. The van der Waals surface area contributed by atoms with Crippen molar-refractivity contribution in [2.75, 3.05) is 13.1 Å². The molecule has 2 N–H and O–H groups in total. The first-order valence-electron chi connectivity index (χ1n) is 12.5. The average molecular weight is 611 g/mol. The topological polar surface area (TPSA) is 83.3 Å². The van der Waals surface area contributed by atoms with E-state index in [0.29, 0.717) is 25.2 Å². The lowest BCUT2D eigenvalue weighted by Crippen LogP contribution is -2.39. The summed E-state index contributed by atoms with van der Waals surface area (Å²) < 4.78 is 17.0. The van der Waals surface area contributed by atoms with Gasteiger partial charge in [-0.15, -0.1) is 16.4 Å². The third kappa shape index (κ3) is 6.42. The van der Waals surface area contributed by atoms with Crippen molar-refractivity contribution in [3.8, 4) is 0 Å². The second-order valence-corrected chi connectivity index (χ2v) is 12.9. The van der Waals surface area contributed by atoms with Crippen LogP contribution in [0.25, 0.3) is 0 Å². The van der Waals surface area contributed by atoms with Gasteiger partial charge in [0.15, 0.2) is 0 Å². The van der Waals surface area contributed by atoms with Crippen molar-refractivity contribution < 1.29 is 14.3 Å². The van der Waals surface area contributed by atoms with Crippen LogP contribution in [-0.2, 0) is 17.9 Å². The van der Waals surface area contributed by atoms with E-state index in [4.69, 9.17) is 11.6 Å². The number of aryl methyl sites for hydroxylation is 1. The first kappa shape index (κ1) is 26.7. The van der Waals surface area contributed by atoms with E-state index in [0.717, 1.165) is 48.1 Å². The Bertz CT molecular complexity index is 1280. The number of carbonyl (C=O) groups is 1. The molecule has 0 radical (unpaired) electrons. The van der Waals surface area contributed by atoms with E-state index in [1.165, 1.54) is 17.0 Å². The van der Waals surface area contributed by atoms with Gasteiger partial charge in [0.05, 0.1) is 19.3 Å². The Balaban J connectivity index is 1.15. The monoisotopic (exact) mass is 609 g/mol. The summed E-state index contributed by atoms with van der Waals surface area (Å²) in [7, 11) is 0. The van der Waals surface area contributed by atoms with Crippen LogP contribution in [0.4, 0.5) is 4.39 Å². The number of aliphatic hydroxyl groups is 1. The molecule has 2 aromatic heterocycles. The molecule has 1 saturated carbocycles. The predicted molar refractivity (Wildman–Crippen MR) is 145 cm³/mol. The van der Waals surface area contributed by atoms with Gasteiger partial charge < -0.3 is 10.4 Å². The number of aromatic nitrogens is 3. The van der Waals surface area contributed by atoms with Gasteiger partial charge in [0.1, 0.15) is 17.6 Å². The number of carbonyl (C=O) groups excluding carboxylic acids is 1. The molecule has 1 aliphatic heterocycles. The summed E-state index contributed by atoms with van der Waals surface area (Å²) in [4.78, 5) is 17.6. The number of rotatable bonds is 10. The van der Waals surface area contributed by atoms with E-state index in [2.05, 4.69) is 49.4 Å². The van der Waals surface area contributed by atoms with E-state index in [1.54, 1.807) is 28.3 Å².